The minimum Gasteiger partial charge on any atom is -0.497 e. The van der Waals surface area contributed by atoms with Crippen LogP contribution in [0.15, 0.2) is 143 Å². The number of hydrogen-bond acceptors (Lipinski definition) is 8. The summed E-state index contributed by atoms with van der Waals surface area (Å²) in [5.41, 5.74) is 3.49. The van der Waals surface area contributed by atoms with Crippen LogP contribution in [0.1, 0.15) is 41.6 Å². The smallest absolute Gasteiger partial charge is 0.279 e. The number of benzene rings is 5. The van der Waals surface area contributed by atoms with Crippen molar-refractivity contribution in [2.75, 3.05) is 18.6 Å². The molecule has 1 spiro atoms. The number of aliphatic hydroxyl groups excluding tert-OH is 1. The Hall–Kier alpha value is -5.73. The zero-order chi connectivity index (χ0) is 42.5. The predicted octanol–water partition coefficient (Wildman–Crippen LogP) is 7.73. The Morgan fingerprint density at radius 1 is 0.934 bits per heavy atom. The molecule has 0 saturated carbocycles. The molecule has 7 aromatic rings. The monoisotopic (exact) mass is 894 g/mol. The van der Waals surface area contributed by atoms with Crippen LogP contribution in [0, 0.1) is 5.92 Å². The van der Waals surface area contributed by atoms with Crippen molar-refractivity contribution < 1.29 is 19.4 Å². The molecule has 13 heteroatoms. The number of aromatic nitrogens is 5. The van der Waals surface area contributed by atoms with Crippen molar-refractivity contribution >= 4 is 51.6 Å². The highest BCUT2D eigenvalue weighted by molar-refractivity contribution is 9.10. The second-order valence-corrected chi connectivity index (χ2v) is 22.3. The van der Waals surface area contributed by atoms with Gasteiger partial charge in [-0.2, -0.15) is 9.78 Å². The Kier molecular flexibility index (Phi) is 10.8. The highest BCUT2D eigenvalue weighted by atomic mass is 79.9. The van der Waals surface area contributed by atoms with Gasteiger partial charge in [0.2, 0.25) is 0 Å². The van der Waals surface area contributed by atoms with E-state index in [1.54, 1.807) is 19.4 Å². The minimum absolute atomic E-state index is 0.0289. The number of carbonyl (C=O) groups is 1. The molecule has 5 aromatic carbocycles. The van der Waals surface area contributed by atoms with Gasteiger partial charge in [-0.15, -0.1) is 5.10 Å². The average Bonchev–Trinajstić information content (AvgIpc) is 3.94. The van der Waals surface area contributed by atoms with Crippen LogP contribution in [0.4, 0.5) is 5.69 Å². The number of hydrogen-bond donors (Lipinski definition) is 1. The summed E-state index contributed by atoms with van der Waals surface area (Å²) in [5.74, 6) is 0.225. The molecule has 9 rings (SSSR count). The fourth-order valence-electron chi connectivity index (χ4n) is 9.81. The van der Waals surface area contributed by atoms with Gasteiger partial charge >= 0.3 is 0 Å². The lowest BCUT2D eigenvalue weighted by Crippen LogP contribution is -2.51. The molecule has 61 heavy (non-hydrogen) atoms. The molecule has 1 saturated heterocycles. The summed E-state index contributed by atoms with van der Waals surface area (Å²) in [6, 6.07) is 39.3. The van der Waals surface area contributed by atoms with Crippen LogP contribution >= 0.6 is 15.9 Å². The molecular weight excluding hydrogens is 849 g/mol. The van der Waals surface area contributed by atoms with Crippen LogP contribution in [0.3, 0.4) is 0 Å². The molecule has 1 fully saturated rings. The van der Waals surface area contributed by atoms with Crippen LogP contribution < -0.4 is 20.4 Å². The molecule has 310 valence electrons. The third-order valence-electron chi connectivity index (χ3n) is 13.0. The van der Waals surface area contributed by atoms with Crippen LogP contribution in [-0.2, 0) is 28.2 Å². The van der Waals surface area contributed by atoms with Gasteiger partial charge in [-0.25, -0.2) is 0 Å². The van der Waals surface area contributed by atoms with Gasteiger partial charge in [0, 0.05) is 34.1 Å². The summed E-state index contributed by atoms with van der Waals surface area (Å²) in [6.45, 7) is 7.69. The molecule has 2 aliphatic rings. The molecule has 2 aliphatic heterocycles. The Bertz CT molecular complexity index is 2780. The molecular formula is C48H47BrN6O5Si. The summed E-state index contributed by atoms with van der Waals surface area (Å²) >= 11 is 3.73. The van der Waals surface area contributed by atoms with E-state index in [2.05, 4.69) is 63.5 Å². The van der Waals surface area contributed by atoms with Gasteiger partial charge < -0.3 is 19.5 Å². The van der Waals surface area contributed by atoms with Gasteiger partial charge in [0.05, 0.1) is 69.0 Å². The molecule has 1 unspecified atom stereocenters. The standard InChI is InChI=1S/C48H47BrN6O5Si/c1-31-45(61(3,4)38-21-19-37(59-2)20-22-38)44(24-25-53-29-42(51-52-53)40(30-56)33-10-6-5-7-11-33)60-48(31)41-26-35(49)16-23-43(41)54(47(48)58)28-32-14-17-36(18-15-32)55-46(57)39-13-9-8-12-34(39)27-50-55/h5-23,26-27,29,31,40,44-45,56H,24-25,28,30H2,1-4H3/t31-,40?,44+,45-,48+/m0/s1. The number of anilines is 1. The van der Waals surface area contributed by atoms with E-state index in [1.807, 2.05) is 119 Å². The van der Waals surface area contributed by atoms with Gasteiger partial charge in [-0.1, -0.05) is 119 Å². The first-order chi connectivity index (χ1) is 29.5. The Labute approximate surface area is 363 Å². The van der Waals surface area contributed by atoms with Crippen LogP contribution in [0.2, 0.25) is 18.6 Å². The number of halogens is 1. The van der Waals surface area contributed by atoms with Crippen molar-refractivity contribution in [2.24, 2.45) is 5.92 Å². The van der Waals surface area contributed by atoms with E-state index in [4.69, 9.17) is 9.47 Å². The van der Waals surface area contributed by atoms with E-state index in [0.717, 1.165) is 38.0 Å². The van der Waals surface area contributed by atoms with Crippen LogP contribution in [0.5, 0.6) is 5.75 Å². The fraction of sp³-hybridized carbons (Fsp3) is 0.271. The second kappa shape index (κ2) is 16.3. The summed E-state index contributed by atoms with van der Waals surface area (Å²) < 4.78 is 17.0. The van der Waals surface area contributed by atoms with E-state index in [0.29, 0.717) is 36.3 Å². The van der Waals surface area contributed by atoms with Gasteiger partial charge in [-0.3, -0.25) is 14.3 Å². The number of ether oxygens (including phenoxy) is 2. The lowest BCUT2D eigenvalue weighted by Gasteiger charge is -2.37. The Balaban J connectivity index is 1.05. The second-order valence-electron chi connectivity index (χ2n) is 16.7. The number of aliphatic hydroxyl groups is 1. The summed E-state index contributed by atoms with van der Waals surface area (Å²) in [6.07, 6.45) is 3.92. The zero-order valence-electron chi connectivity index (χ0n) is 34.5. The molecule has 4 heterocycles. The average molecular weight is 896 g/mol. The van der Waals surface area contributed by atoms with Crippen molar-refractivity contribution in [3.63, 3.8) is 0 Å². The number of rotatable bonds is 12. The Morgan fingerprint density at radius 2 is 1.67 bits per heavy atom. The maximum absolute atomic E-state index is 15.4. The van der Waals surface area contributed by atoms with Gasteiger partial charge in [-0.05, 0) is 71.6 Å². The predicted molar refractivity (Wildman–Crippen MR) is 242 cm³/mol. The molecule has 1 N–H and O–H groups in total. The molecule has 5 atom stereocenters. The fourth-order valence-corrected chi connectivity index (χ4v) is 14.2. The summed E-state index contributed by atoms with van der Waals surface area (Å²) in [4.78, 5) is 30.6. The number of nitrogens with zero attached hydrogens (tertiary/aromatic N) is 6. The zero-order valence-corrected chi connectivity index (χ0v) is 37.1. The molecule has 0 radical (unpaired) electrons. The van der Waals surface area contributed by atoms with E-state index in [1.165, 1.54) is 9.87 Å². The first-order valence-electron chi connectivity index (χ1n) is 20.6. The van der Waals surface area contributed by atoms with Crippen molar-refractivity contribution in [2.45, 2.75) is 62.7 Å². The first kappa shape index (κ1) is 40.7. The Morgan fingerprint density at radius 3 is 2.41 bits per heavy atom. The number of amides is 1. The number of carbonyl (C=O) groups excluding carboxylic acids is 1. The molecule has 11 nitrogen and oxygen atoms in total. The lowest BCUT2D eigenvalue weighted by molar-refractivity contribution is -0.146. The normalized spacial score (nSPS) is 20.4. The van der Waals surface area contributed by atoms with E-state index in [9.17, 15) is 9.90 Å². The topological polar surface area (TPSA) is 125 Å². The first-order valence-corrected chi connectivity index (χ1v) is 24.5. The van der Waals surface area contributed by atoms with Crippen LogP contribution in [-0.4, -0.2) is 63.7 Å². The maximum atomic E-state index is 15.4. The van der Waals surface area contributed by atoms with Crippen molar-refractivity contribution in [3.8, 4) is 11.4 Å². The lowest BCUT2D eigenvalue weighted by atomic mass is 9.82. The SMILES string of the molecule is COc1ccc([Si](C)(C)[C@@H]2[C@@H](CCn3cc(C(CO)c4ccccc4)nn3)O[C@]3(C(=O)N(Cc4ccc(-n5ncc6ccccc6c5=O)cc4)c4ccc(Br)cc43)[C@H]2C)cc1. The van der Waals surface area contributed by atoms with Crippen molar-refractivity contribution in [1.82, 2.24) is 24.8 Å². The third kappa shape index (κ3) is 7.12. The quantitative estimate of drug-likeness (QED) is 0.124. The number of fused-ring (bicyclic) bond motifs is 3. The largest absolute Gasteiger partial charge is 0.497 e. The molecule has 1 amide bonds. The van der Waals surface area contributed by atoms with E-state index < -0.39 is 13.7 Å². The summed E-state index contributed by atoms with van der Waals surface area (Å²) in [7, 11) is -0.725. The number of methoxy groups -OCH3 is 1. The van der Waals surface area contributed by atoms with E-state index in [-0.39, 0.29) is 41.6 Å². The van der Waals surface area contributed by atoms with Crippen molar-refractivity contribution in [1.29, 1.82) is 0 Å². The van der Waals surface area contributed by atoms with Crippen LogP contribution in [0.25, 0.3) is 16.5 Å². The highest BCUT2D eigenvalue weighted by Crippen LogP contribution is 2.60. The third-order valence-corrected chi connectivity index (χ3v) is 17.8. The minimum atomic E-state index is -2.40. The molecule has 2 aromatic heterocycles. The summed E-state index contributed by atoms with van der Waals surface area (Å²) in [5, 5.41) is 26.4. The van der Waals surface area contributed by atoms with Gasteiger partial charge in [0.1, 0.15) is 5.75 Å². The number of aryl methyl sites for hydroxylation is 1. The van der Waals surface area contributed by atoms with Gasteiger partial charge in [0.15, 0.2) is 5.60 Å². The highest BCUT2D eigenvalue weighted by Gasteiger charge is 2.66. The maximum Gasteiger partial charge on any atom is 0.279 e. The van der Waals surface area contributed by atoms with Gasteiger partial charge in [0.25, 0.3) is 11.5 Å². The van der Waals surface area contributed by atoms with E-state index >= 15 is 4.79 Å². The van der Waals surface area contributed by atoms with Crippen molar-refractivity contribution in [3.05, 3.63) is 171 Å². The molecule has 0 bridgehead atoms. The molecule has 0 aliphatic carbocycles.